The van der Waals surface area contributed by atoms with Gasteiger partial charge in [0.25, 0.3) is 0 Å². The van der Waals surface area contributed by atoms with Crippen LogP contribution in [0.25, 0.3) is 0 Å². The van der Waals surface area contributed by atoms with Gasteiger partial charge in [0.1, 0.15) is 12.7 Å². The molecule has 0 bridgehead atoms. The molecule has 0 spiro atoms. The average molecular weight is 1090 g/mol. The highest BCUT2D eigenvalue weighted by Gasteiger charge is 2.28. The van der Waals surface area contributed by atoms with Crippen LogP contribution in [0.15, 0.2) is 97.2 Å². The first kappa shape index (κ1) is 72.4. The molecule has 0 aliphatic rings. The SMILES string of the molecule is CC/C=C\C/C=C\C/C=C\C/C=C\C/C=C\C/C=C\CCC(=O)OC(COC(=O)CCCCCCCCCCCCCCCCC)COP(=O)(O)OCC(CO)OC(=O)CCCCCCC/C=C\C/C=C\CCCCC. The number of ether oxygens (including phenoxy) is 3. The van der Waals surface area contributed by atoms with Gasteiger partial charge in [0, 0.05) is 19.3 Å². The topological polar surface area (TPSA) is 155 Å². The highest BCUT2D eigenvalue weighted by Crippen LogP contribution is 2.43. The van der Waals surface area contributed by atoms with Gasteiger partial charge in [0.15, 0.2) is 6.10 Å². The van der Waals surface area contributed by atoms with Gasteiger partial charge in [-0.05, 0) is 89.9 Å². The molecule has 11 nitrogen and oxygen atoms in total. The number of esters is 3. The van der Waals surface area contributed by atoms with E-state index in [-0.39, 0.29) is 25.9 Å². The van der Waals surface area contributed by atoms with Crippen LogP contribution in [-0.4, -0.2) is 66.5 Å². The van der Waals surface area contributed by atoms with E-state index >= 15 is 0 Å². The lowest BCUT2D eigenvalue weighted by atomic mass is 10.0. The number of unbranched alkanes of at least 4 members (excludes halogenated alkanes) is 22. The summed E-state index contributed by atoms with van der Waals surface area (Å²) < 4.78 is 39.5. The van der Waals surface area contributed by atoms with Crippen molar-refractivity contribution >= 4 is 25.7 Å². The largest absolute Gasteiger partial charge is 0.472 e. The fourth-order valence-electron chi connectivity index (χ4n) is 7.94. The molecule has 12 heteroatoms. The molecule has 0 aromatic rings. The van der Waals surface area contributed by atoms with E-state index < -0.39 is 57.8 Å². The number of carbonyl (C=O) groups is 3. The van der Waals surface area contributed by atoms with E-state index in [1.807, 2.05) is 12.2 Å². The molecule has 0 saturated heterocycles. The zero-order chi connectivity index (χ0) is 55.5. The standard InChI is InChI=1S/C64H109O11P/c1-4-7-10-13-16-19-22-25-28-29-30-31-34-37-40-43-46-49-52-55-64(68)75-61(57-71-62(66)53-50-47-44-41-38-35-32-26-23-20-17-14-11-8-5-2)59-73-76(69,70)72-58-60(56-65)74-63(67)54-51-48-45-42-39-36-33-27-24-21-18-15-12-9-6-3/h7,10,16,18-19,21,25,27-28,30-31,33,37,40,46,49,60-61,65H,4-6,8-9,11-15,17,20,22-24,26,29,32,34-36,38-39,41-45,47-48,50-59H2,1-3H3,(H,69,70)/b10-7-,19-16-,21-18-,28-25-,31-30-,33-27-,40-37-,49-46-. The highest BCUT2D eigenvalue weighted by molar-refractivity contribution is 7.47. The Morgan fingerprint density at radius 2 is 0.711 bits per heavy atom. The molecule has 0 aromatic carbocycles. The third kappa shape index (κ3) is 55.2. The molecular weight excluding hydrogens is 976 g/mol. The zero-order valence-electron chi connectivity index (χ0n) is 48.2. The van der Waals surface area contributed by atoms with Gasteiger partial charge in [-0.15, -0.1) is 0 Å². The van der Waals surface area contributed by atoms with Crippen LogP contribution in [0.2, 0.25) is 0 Å². The van der Waals surface area contributed by atoms with E-state index in [4.69, 9.17) is 23.3 Å². The van der Waals surface area contributed by atoms with Crippen LogP contribution in [0.5, 0.6) is 0 Å². The molecule has 0 saturated carbocycles. The Kier molecular flexibility index (Phi) is 54.8. The highest BCUT2D eigenvalue weighted by atomic mass is 31.2. The Hall–Kier alpha value is -3.60. The number of aliphatic hydroxyl groups is 1. The van der Waals surface area contributed by atoms with Crippen LogP contribution in [0.4, 0.5) is 0 Å². The Bertz CT molecular complexity index is 1640. The summed E-state index contributed by atoms with van der Waals surface area (Å²) in [5, 5.41) is 9.82. The molecule has 436 valence electrons. The zero-order valence-corrected chi connectivity index (χ0v) is 49.1. The summed E-state index contributed by atoms with van der Waals surface area (Å²) in [6.07, 6.45) is 68.0. The van der Waals surface area contributed by atoms with Crippen molar-refractivity contribution in [3.05, 3.63) is 97.2 Å². The third-order valence-corrected chi connectivity index (χ3v) is 13.5. The lowest BCUT2D eigenvalue weighted by molar-refractivity contribution is -0.161. The Balaban J connectivity index is 4.84. The van der Waals surface area contributed by atoms with E-state index in [0.717, 1.165) is 96.3 Å². The van der Waals surface area contributed by atoms with E-state index in [1.54, 1.807) is 0 Å². The van der Waals surface area contributed by atoms with Gasteiger partial charge >= 0.3 is 25.7 Å². The van der Waals surface area contributed by atoms with Gasteiger partial charge < -0.3 is 24.2 Å². The summed E-state index contributed by atoms with van der Waals surface area (Å²) in [7, 11) is -4.78. The molecule has 0 amide bonds. The van der Waals surface area contributed by atoms with Crippen molar-refractivity contribution in [3.8, 4) is 0 Å². The predicted octanol–water partition coefficient (Wildman–Crippen LogP) is 18.0. The summed E-state index contributed by atoms with van der Waals surface area (Å²) in [5.41, 5.74) is 0. The molecular formula is C64H109O11P. The maximum atomic E-state index is 12.9. The van der Waals surface area contributed by atoms with Gasteiger partial charge in [0.2, 0.25) is 0 Å². The minimum absolute atomic E-state index is 0.0394. The molecule has 3 atom stereocenters. The monoisotopic (exact) mass is 1080 g/mol. The number of phosphoric acid groups is 1. The van der Waals surface area contributed by atoms with Crippen LogP contribution < -0.4 is 0 Å². The molecule has 0 heterocycles. The fraction of sp³-hybridized carbons (Fsp3) is 0.703. The molecule has 0 aliphatic carbocycles. The molecule has 0 aliphatic heterocycles. The maximum absolute atomic E-state index is 12.9. The summed E-state index contributed by atoms with van der Waals surface area (Å²) in [6.45, 7) is 4.42. The number of phosphoric ester groups is 1. The number of rotatable bonds is 55. The third-order valence-electron chi connectivity index (χ3n) is 12.5. The summed E-state index contributed by atoms with van der Waals surface area (Å²) >= 11 is 0. The van der Waals surface area contributed by atoms with Crippen LogP contribution in [0, 0.1) is 0 Å². The van der Waals surface area contributed by atoms with Gasteiger partial charge in [0.05, 0.1) is 19.8 Å². The molecule has 76 heavy (non-hydrogen) atoms. The van der Waals surface area contributed by atoms with Crippen molar-refractivity contribution in [2.24, 2.45) is 0 Å². The van der Waals surface area contributed by atoms with Crippen LogP contribution in [-0.2, 0) is 42.2 Å². The van der Waals surface area contributed by atoms with Crippen molar-refractivity contribution in [2.45, 2.75) is 264 Å². The van der Waals surface area contributed by atoms with Crippen molar-refractivity contribution < 1.29 is 52.2 Å². The van der Waals surface area contributed by atoms with Crippen molar-refractivity contribution in [1.29, 1.82) is 0 Å². The lowest BCUT2D eigenvalue weighted by Gasteiger charge is -2.21. The summed E-state index contributed by atoms with van der Waals surface area (Å²) in [6, 6.07) is 0. The maximum Gasteiger partial charge on any atom is 0.472 e. The smallest absolute Gasteiger partial charge is 0.462 e. The van der Waals surface area contributed by atoms with Crippen molar-refractivity contribution in [3.63, 3.8) is 0 Å². The van der Waals surface area contributed by atoms with Gasteiger partial charge in [-0.3, -0.25) is 23.4 Å². The number of hydrogen-bond acceptors (Lipinski definition) is 10. The van der Waals surface area contributed by atoms with E-state index in [2.05, 4.69) is 106 Å². The van der Waals surface area contributed by atoms with Crippen molar-refractivity contribution in [2.75, 3.05) is 26.4 Å². The average Bonchev–Trinajstić information content (AvgIpc) is 3.41. The quantitative estimate of drug-likeness (QED) is 0.0197. The molecule has 0 rings (SSSR count). The molecule has 2 N–H and O–H groups in total. The van der Waals surface area contributed by atoms with E-state index in [9.17, 15) is 28.9 Å². The summed E-state index contributed by atoms with van der Waals surface area (Å²) in [5.74, 6) is -1.58. The first-order valence-electron chi connectivity index (χ1n) is 30.1. The molecule has 0 fully saturated rings. The number of aliphatic hydroxyl groups excluding tert-OH is 1. The second-order valence-electron chi connectivity index (χ2n) is 19.8. The lowest BCUT2D eigenvalue weighted by Crippen LogP contribution is -2.30. The number of hydrogen-bond donors (Lipinski definition) is 2. The van der Waals surface area contributed by atoms with Crippen molar-refractivity contribution in [1.82, 2.24) is 0 Å². The van der Waals surface area contributed by atoms with Crippen LogP contribution in [0.1, 0.15) is 252 Å². The first-order valence-corrected chi connectivity index (χ1v) is 31.6. The van der Waals surface area contributed by atoms with Crippen LogP contribution in [0.3, 0.4) is 0 Å². The fourth-order valence-corrected chi connectivity index (χ4v) is 8.73. The second-order valence-corrected chi connectivity index (χ2v) is 21.2. The molecule has 0 radical (unpaired) electrons. The Morgan fingerprint density at radius 1 is 0.382 bits per heavy atom. The first-order chi connectivity index (χ1) is 37.2. The van der Waals surface area contributed by atoms with Gasteiger partial charge in [-0.25, -0.2) is 4.57 Å². The molecule has 0 aromatic heterocycles. The Morgan fingerprint density at radius 3 is 1.16 bits per heavy atom. The number of allylic oxidation sites excluding steroid dienone is 16. The van der Waals surface area contributed by atoms with Crippen LogP contribution >= 0.6 is 7.82 Å². The second kappa shape index (κ2) is 57.6. The Labute approximate surface area is 463 Å². The predicted molar refractivity (Wildman–Crippen MR) is 316 cm³/mol. The minimum atomic E-state index is -4.78. The van der Waals surface area contributed by atoms with Gasteiger partial charge in [-0.1, -0.05) is 240 Å². The van der Waals surface area contributed by atoms with E-state index in [1.165, 1.54) is 89.9 Å². The summed E-state index contributed by atoms with van der Waals surface area (Å²) in [4.78, 5) is 48.6. The normalized spacial score (nSPS) is 14.0. The van der Waals surface area contributed by atoms with E-state index in [0.29, 0.717) is 25.7 Å². The minimum Gasteiger partial charge on any atom is -0.462 e. The van der Waals surface area contributed by atoms with Gasteiger partial charge in [-0.2, -0.15) is 0 Å². The number of carbonyl (C=O) groups excluding carboxylic acids is 3. The molecule has 3 unspecified atom stereocenters.